The molecule has 1 aliphatic heterocycles. The van der Waals surface area contributed by atoms with Crippen molar-refractivity contribution >= 4 is 11.7 Å². The van der Waals surface area contributed by atoms with E-state index in [1.807, 2.05) is 50.3 Å². The zero-order valence-corrected chi connectivity index (χ0v) is 19.4. The number of rotatable bonds is 6. The molecular formula is C26H28N4O3. The molecule has 7 nitrogen and oxygen atoms in total. The second kappa shape index (κ2) is 9.85. The molecule has 1 aliphatic carbocycles. The van der Waals surface area contributed by atoms with Gasteiger partial charge >= 0.3 is 0 Å². The molecule has 2 unspecified atom stereocenters. The van der Waals surface area contributed by atoms with Gasteiger partial charge in [-0.2, -0.15) is 15.4 Å². The summed E-state index contributed by atoms with van der Waals surface area (Å²) in [6, 6.07) is 12.8. The largest absolute Gasteiger partial charge is 0.364 e. The zero-order chi connectivity index (χ0) is 24.2. The first kappa shape index (κ1) is 24.0. The Morgan fingerprint density at radius 3 is 2.58 bits per heavy atom. The smallest absolute Gasteiger partial charge is 0.256 e. The van der Waals surface area contributed by atoms with Gasteiger partial charge in [0.1, 0.15) is 24.3 Å². The Hall–Kier alpha value is -3.68. The number of carbonyl (C=O) groups excluding carboxylic acids is 1. The van der Waals surface area contributed by atoms with Crippen molar-refractivity contribution < 1.29 is 14.6 Å². The number of nitriles is 2. The Morgan fingerprint density at radius 2 is 1.94 bits per heavy atom. The number of hydrogen-bond donors (Lipinski definition) is 1. The van der Waals surface area contributed by atoms with Gasteiger partial charge in [-0.25, -0.2) is 0 Å². The molecule has 0 saturated heterocycles. The van der Waals surface area contributed by atoms with E-state index in [2.05, 4.69) is 18.7 Å². The van der Waals surface area contributed by atoms with Gasteiger partial charge in [-0.05, 0) is 57.4 Å². The van der Waals surface area contributed by atoms with E-state index in [1.54, 1.807) is 12.1 Å². The van der Waals surface area contributed by atoms with E-state index in [4.69, 9.17) is 25.7 Å². The van der Waals surface area contributed by atoms with Gasteiger partial charge in [0.15, 0.2) is 5.78 Å². The van der Waals surface area contributed by atoms with E-state index in [1.165, 1.54) is 6.08 Å². The summed E-state index contributed by atoms with van der Waals surface area (Å²) in [4.78, 5) is 26.0. The van der Waals surface area contributed by atoms with Crippen LogP contribution in [0.5, 0.6) is 0 Å². The molecular weight excluding hydrogens is 416 g/mol. The summed E-state index contributed by atoms with van der Waals surface area (Å²) in [6.07, 6.45) is 4.21. The fourth-order valence-electron chi connectivity index (χ4n) is 4.65. The Balaban J connectivity index is 1.78. The minimum absolute atomic E-state index is 0.0371. The second-order valence-electron chi connectivity index (χ2n) is 9.00. The Labute approximate surface area is 194 Å². The second-order valence-corrected chi connectivity index (χ2v) is 9.00. The van der Waals surface area contributed by atoms with Gasteiger partial charge in [0.2, 0.25) is 0 Å². The van der Waals surface area contributed by atoms with Crippen LogP contribution in [0, 0.1) is 39.9 Å². The lowest BCUT2D eigenvalue weighted by molar-refractivity contribution is -0.225. The van der Waals surface area contributed by atoms with Crippen LogP contribution in [0.3, 0.4) is 0 Å². The van der Waals surface area contributed by atoms with Gasteiger partial charge in [-0.1, -0.05) is 30.7 Å². The van der Waals surface area contributed by atoms with Gasteiger partial charge in [0.05, 0.1) is 5.92 Å². The Kier molecular flexibility index (Phi) is 7.16. The van der Waals surface area contributed by atoms with Crippen molar-refractivity contribution in [2.24, 2.45) is 11.8 Å². The SMILES string of the molecule is CC1=CC2=C(C(=O)C1C=C(C#N)C#N)C(C)CC(C)(C)N2CCOOC(=N)c1ccccc1. The molecule has 1 N–H and O–H groups in total. The summed E-state index contributed by atoms with van der Waals surface area (Å²) in [6.45, 7) is 8.83. The van der Waals surface area contributed by atoms with E-state index in [0.29, 0.717) is 17.7 Å². The van der Waals surface area contributed by atoms with Crippen LogP contribution >= 0.6 is 0 Å². The number of Topliss-reactive ketones (excluding diaryl/α,β-unsaturated/α-hetero) is 1. The van der Waals surface area contributed by atoms with Gasteiger partial charge in [-0.15, -0.1) is 0 Å². The summed E-state index contributed by atoms with van der Waals surface area (Å²) in [5, 5.41) is 26.2. The van der Waals surface area contributed by atoms with Crippen molar-refractivity contribution in [1.29, 1.82) is 15.9 Å². The highest BCUT2D eigenvalue weighted by atomic mass is 17.2. The van der Waals surface area contributed by atoms with E-state index in [9.17, 15) is 4.79 Å². The molecule has 0 spiro atoms. The number of nitrogens with one attached hydrogen (secondary N) is 1. The average Bonchev–Trinajstić information content (AvgIpc) is 2.78. The lowest BCUT2D eigenvalue weighted by Gasteiger charge is -2.49. The number of benzene rings is 1. The highest BCUT2D eigenvalue weighted by Gasteiger charge is 2.43. The molecule has 0 radical (unpaired) electrons. The molecule has 0 fully saturated rings. The van der Waals surface area contributed by atoms with Crippen molar-refractivity contribution in [3.05, 3.63) is 70.5 Å². The highest BCUT2D eigenvalue weighted by molar-refractivity contribution is 6.03. The first-order valence-electron chi connectivity index (χ1n) is 10.9. The van der Waals surface area contributed by atoms with Gasteiger partial charge in [-0.3, -0.25) is 10.2 Å². The van der Waals surface area contributed by atoms with Crippen molar-refractivity contribution in [2.45, 2.75) is 39.7 Å². The van der Waals surface area contributed by atoms with Gasteiger partial charge < -0.3 is 9.79 Å². The molecule has 0 bridgehead atoms. The maximum absolute atomic E-state index is 13.4. The monoisotopic (exact) mass is 444 g/mol. The third kappa shape index (κ3) is 5.05. The van der Waals surface area contributed by atoms with Crippen LogP contribution in [0.1, 0.15) is 39.7 Å². The topological polar surface area (TPSA) is 110 Å². The van der Waals surface area contributed by atoms with Crippen LogP contribution in [-0.2, 0) is 14.6 Å². The predicted octanol–water partition coefficient (Wildman–Crippen LogP) is 4.45. The van der Waals surface area contributed by atoms with Crippen LogP contribution in [0.25, 0.3) is 0 Å². The molecule has 2 aliphatic rings. The molecule has 0 amide bonds. The van der Waals surface area contributed by atoms with Crippen molar-refractivity contribution in [3.63, 3.8) is 0 Å². The lowest BCUT2D eigenvalue weighted by Crippen LogP contribution is -2.51. The van der Waals surface area contributed by atoms with E-state index >= 15 is 0 Å². The average molecular weight is 445 g/mol. The number of hydrogen-bond acceptors (Lipinski definition) is 7. The first-order chi connectivity index (χ1) is 15.7. The number of carbonyl (C=O) groups is 1. The van der Waals surface area contributed by atoms with Crippen LogP contribution < -0.4 is 0 Å². The molecule has 1 heterocycles. The first-order valence-corrected chi connectivity index (χ1v) is 10.9. The molecule has 1 aromatic carbocycles. The fourth-order valence-corrected chi connectivity index (χ4v) is 4.65. The van der Waals surface area contributed by atoms with Crippen LogP contribution in [0.2, 0.25) is 0 Å². The molecule has 0 aromatic heterocycles. The number of nitrogens with zero attached hydrogens (tertiary/aromatic N) is 3. The van der Waals surface area contributed by atoms with E-state index in [0.717, 1.165) is 17.7 Å². The zero-order valence-electron chi connectivity index (χ0n) is 19.4. The normalized spacial score (nSPS) is 21.3. The number of ketones is 1. The maximum Gasteiger partial charge on any atom is 0.256 e. The number of allylic oxidation sites excluding steroid dienone is 5. The minimum atomic E-state index is -0.602. The summed E-state index contributed by atoms with van der Waals surface area (Å²) in [7, 11) is 0. The van der Waals surface area contributed by atoms with E-state index in [-0.39, 0.29) is 35.3 Å². The standard InChI is InChI=1S/C26H28N4O3/c1-17-12-22-23(24(31)21(17)13-19(15-27)16-28)18(2)14-26(3,4)30(22)10-11-32-33-25(29)20-8-6-5-7-9-20/h5-9,12-13,18,21,29H,10-11,14H2,1-4H3. The van der Waals surface area contributed by atoms with Crippen LogP contribution in [-0.4, -0.2) is 35.3 Å². The van der Waals surface area contributed by atoms with Crippen LogP contribution in [0.15, 0.2) is 64.9 Å². The fraction of sp³-hybridized carbons (Fsp3) is 0.385. The lowest BCUT2D eigenvalue weighted by atomic mass is 9.72. The predicted molar refractivity (Wildman–Crippen MR) is 123 cm³/mol. The van der Waals surface area contributed by atoms with Crippen LogP contribution in [0.4, 0.5) is 0 Å². The van der Waals surface area contributed by atoms with Crippen molar-refractivity contribution in [3.8, 4) is 12.1 Å². The quantitative estimate of drug-likeness (QED) is 0.173. The molecule has 3 rings (SSSR count). The third-order valence-electron chi connectivity index (χ3n) is 6.15. The summed E-state index contributed by atoms with van der Waals surface area (Å²) >= 11 is 0. The Morgan fingerprint density at radius 1 is 1.27 bits per heavy atom. The van der Waals surface area contributed by atoms with Crippen molar-refractivity contribution in [2.75, 3.05) is 13.2 Å². The molecule has 1 aromatic rings. The maximum atomic E-state index is 13.4. The highest BCUT2D eigenvalue weighted by Crippen LogP contribution is 2.43. The molecule has 33 heavy (non-hydrogen) atoms. The molecule has 0 saturated carbocycles. The van der Waals surface area contributed by atoms with Gasteiger partial charge in [0, 0.05) is 28.9 Å². The van der Waals surface area contributed by atoms with Gasteiger partial charge in [0.25, 0.3) is 5.90 Å². The molecule has 170 valence electrons. The van der Waals surface area contributed by atoms with E-state index < -0.39 is 5.92 Å². The summed E-state index contributed by atoms with van der Waals surface area (Å²) in [5.74, 6) is -0.695. The summed E-state index contributed by atoms with van der Waals surface area (Å²) in [5.41, 5.74) is 2.70. The summed E-state index contributed by atoms with van der Waals surface area (Å²) < 4.78 is 0. The molecule has 7 heteroatoms. The van der Waals surface area contributed by atoms with Crippen molar-refractivity contribution in [1.82, 2.24) is 4.90 Å². The minimum Gasteiger partial charge on any atom is -0.364 e. The molecule has 2 atom stereocenters. The Bertz CT molecular complexity index is 1100. The third-order valence-corrected chi connectivity index (χ3v) is 6.15.